The number of ether oxygens (including phenoxy) is 1. The Morgan fingerprint density at radius 3 is 2.77 bits per heavy atom. The van der Waals surface area contributed by atoms with E-state index >= 15 is 0 Å². The van der Waals surface area contributed by atoms with Crippen LogP contribution in [0.4, 0.5) is 5.69 Å². The summed E-state index contributed by atoms with van der Waals surface area (Å²) in [5.74, 6) is -0.663. The Bertz CT molecular complexity index is 736. The molecular formula is C12H15N5O4S. The summed E-state index contributed by atoms with van der Waals surface area (Å²) >= 11 is 0. The Morgan fingerprint density at radius 1 is 1.59 bits per heavy atom. The topological polar surface area (TPSA) is 162 Å². The van der Waals surface area contributed by atoms with E-state index in [1.165, 1.54) is 25.3 Å². The van der Waals surface area contributed by atoms with Crippen molar-refractivity contribution in [2.24, 2.45) is 10.8 Å². The van der Waals surface area contributed by atoms with Crippen molar-refractivity contribution in [2.75, 3.05) is 24.9 Å². The number of nitriles is 1. The molecule has 0 saturated heterocycles. The van der Waals surface area contributed by atoms with Crippen LogP contribution in [0.1, 0.15) is 0 Å². The van der Waals surface area contributed by atoms with Crippen LogP contribution in [0.3, 0.4) is 0 Å². The lowest BCUT2D eigenvalue weighted by Crippen LogP contribution is -2.22. The fourth-order valence-corrected chi connectivity index (χ4v) is 2.52. The molecule has 0 unspecified atom stereocenters. The first kappa shape index (κ1) is 17.4. The number of hydrogen-bond acceptors (Lipinski definition) is 8. The van der Waals surface area contributed by atoms with Gasteiger partial charge in [0.15, 0.2) is 15.7 Å². The third kappa shape index (κ3) is 4.18. The molecule has 1 aromatic carbocycles. The molecule has 118 valence electrons. The largest absolute Gasteiger partial charge is 0.495 e. The van der Waals surface area contributed by atoms with E-state index in [2.05, 4.69) is 10.5 Å². The molecule has 22 heavy (non-hydrogen) atoms. The van der Waals surface area contributed by atoms with Crippen LogP contribution in [0.25, 0.3) is 0 Å². The van der Waals surface area contributed by atoms with Crippen LogP contribution in [-0.4, -0.2) is 44.5 Å². The first-order valence-corrected chi connectivity index (χ1v) is 7.60. The van der Waals surface area contributed by atoms with Gasteiger partial charge in [0.1, 0.15) is 11.8 Å². The molecule has 0 bridgehead atoms. The van der Waals surface area contributed by atoms with Crippen LogP contribution in [0.15, 0.2) is 28.2 Å². The lowest BCUT2D eigenvalue weighted by Gasteiger charge is -2.10. The molecule has 0 saturated carbocycles. The maximum Gasteiger partial charge on any atom is 0.201 e. The van der Waals surface area contributed by atoms with E-state index in [0.29, 0.717) is 0 Å². The number of rotatable bonds is 7. The van der Waals surface area contributed by atoms with E-state index < -0.39 is 28.0 Å². The summed E-state index contributed by atoms with van der Waals surface area (Å²) in [6.45, 7) is -0.502. The summed E-state index contributed by atoms with van der Waals surface area (Å²) in [5.41, 5.74) is 7.42. The van der Waals surface area contributed by atoms with Gasteiger partial charge in [-0.25, -0.2) is 8.42 Å². The molecule has 9 nitrogen and oxygen atoms in total. The summed E-state index contributed by atoms with van der Waals surface area (Å²) in [4.78, 5) is -0.0404. The highest BCUT2D eigenvalue weighted by Crippen LogP contribution is 2.28. The third-order valence-electron chi connectivity index (χ3n) is 2.54. The lowest BCUT2D eigenvalue weighted by molar-refractivity contribution is 0.319. The number of amidine groups is 1. The van der Waals surface area contributed by atoms with E-state index in [-0.39, 0.29) is 22.0 Å². The second-order valence-corrected chi connectivity index (χ2v) is 6.11. The van der Waals surface area contributed by atoms with Crippen molar-refractivity contribution in [3.8, 4) is 11.8 Å². The molecule has 0 atom stereocenters. The monoisotopic (exact) mass is 325 g/mol. The molecule has 0 amide bonds. The fourth-order valence-electron chi connectivity index (χ4n) is 1.47. The van der Waals surface area contributed by atoms with Crippen LogP contribution in [0, 0.1) is 16.7 Å². The zero-order valence-corrected chi connectivity index (χ0v) is 12.5. The van der Waals surface area contributed by atoms with Crippen molar-refractivity contribution in [3.05, 3.63) is 18.2 Å². The van der Waals surface area contributed by atoms with Crippen molar-refractivity contribution in [1.29, 1.82) is 10.7 Å². The summed E-state index contributed by atoms with van der Waals surface area (Å²) < 4.78 is 28.9. The van der Waals surface area contributed by atoms with Crippen LogP contribution >= 0.6 is 0 Å². The minimum Gasteiger partial charge on any atom is -0.495 e. The number of nitrogens with two attached hydrogens (primary N) is 1. The molecule has 0 radical (unpaired) electrons. The molecule has 0 aromatic heterocycles. The normalized spacial score (nSPS) is 11.6. The van der Waals surface area contributed by atoms with E-state index in [1.54, 1.807) is 6.07 Å². The van der Waals surface area contributed by atoms with Crippen LogP contribution in [-0.2, 0) is 9.84 Å². The maximum absolute atomic E-state index is 11.9. The smallest absolute Gasteiger partial charge is 0.201 e. The predicted molar refractivity (Wildman–Crippen MR) is 80.7 cm³/mol. The van der Waals surface area contributed by atoms with Gasteiger partial charge in [-0.15, -0.1) is 0 Å². The summed E-state index contributed by atoms with van der Waals surface area (Å²) in [6.07, 6.45) is 0. The molecular weight excluding hydrogens is 310 g/mol. The van der Waals surface area contributed by atoms with Crippen LogP contribution in [0.5, 0.6) is 5.75 Å². The first-order valence-electron chi connectivity index (χ1n) is 5.95. The molecule has 1 aromatic rings. The summed E-state index contributed by atoms with van der Waals surface area (Å²) in [6, 6.07) is 5.61. The predicted octanol–water partition coefficient (Wildman–Crippen LogP) is -0.311. The molecule has 0 heterocycles. The van der Waals surface area contributed by atoms with Crippen molar-refractivity contribution in [3.63, 3.8) is 0 Å². The maximum atomic E-state index is 11.9. The van der Waals surface area contributed by atoms with Crippen molar-refractivity contribution >= 4 is 27.1 Å². The minimum atomic E-state index is -3.64. The number of hydrazone groups is 1. The van der Waals surface area contributed by atoms with E-state index in [9.17, 15) is 8.42 Å². The third-order valence-corrected chi connectivity index (χ3v) is 4.23. The van der Waals surface area contributed by atoms with Gasteiger partial charge < -0.3 is 15.6 Å². The minimum absolute atomic E-state index is 0.0404. The number of methoxy groups -OCH3 is 1. The van der Waals surface area contributed by atoms with Gasteiger partial charge in [0.05, 0.1) is 30.1 Å². The molecule has 0 aliphatic carbocycles. The summed E-state index contributed by atoms with van der Waals surface area (Å²) in [7, 11) is -2.27. The average molecular weight is 325 g/mol. The van der Waals surface area contributed by atoms with Crippen molar-refractivity contribution in [2.45, 2.75) is 4.90 Å². The van der Waals surface area contributed by atoms with E-state index in [1.807, 2.05) is 0 Å². The molecule has 5 N–H and O–H groups in total. The Balaban J connectivity index is 3.24. The Hall–Kier alpha value is -2.64. The van der Waals surface area contributed by atoms with Gasteiger partial charge in [-0.2, -0.15) is 10.4 Å². The SMILES string of the molecule is COc1ccc(S(=O)(=O)CCO)cc1N/N=C(\C#N)C(=N)N. The zero-order valence-electron chi connectivity index (χ0n) is 11.7. The van der Waals surface area contributed by atoms with Gasteiger partial charge in [-0.05, 0) is 18.2 Å². The highest BCUT2D eigenvalue weighted by molar-refractivity contribution is 7.91. The Morgan fingerprint density at radius 2 is 2.27 bits per heavy atom. The molecule has 0 fully saturated rings. The Kier molecular flexibility index (Phi) is 5.85. The number of anilines is 1. The highest BCUT2D eigenvalue weighted by atomic mass is 32.2. The van der Waals surface area contributed by atoms with Crippen molar-refractivity contribution in [1.82, 2.24) is 0 Å². The first-order chi connectivity index (χ1) is 10.4. The number of benzene rings is 1. The van der Waals surface area contributed by atoms with Crippen LogP contribution in [0.2, 0.25) is 0 Å². The number of hydrogen-bond donors (Lipinski definition) is 4. The number of aliphatic hydroxyl groups is 1. The van der Waals surface area contributed by atoms with Crippen LogP contribution < -0.4 is 15.9 Å². The van der Waals surface area contributed by atoms with Crippen molar-refractivity contribution < 1.29 is 18.3 Å². The molecule has 10 heteroatoms. The molecule has 1 rings (SSSR count). The zero-order chi connectivity index (χ0) is 16.8. The lowest BCUT2D eigenvalue weighted by atomic mass is 10.3. The van der Waals surface area contributed by atoms with Gasteiger partial charge in [0.25, 0.3) is 0 Å². The second kappa shape index (κ2) is 7.39. The van der Waals surface area contributed by atoms with E-state index in [4.69, 9.17) is 26.2 Å². The highest BCUT2D eigenvalue weighted by Gasteiger charge is 2.16. The second-order valence-electron chi connectivity index (χ2n) is 4.00. The van der Waals surface area contributed by atoms with Gasteiger partial charge in [0, 0.05) is 0 Å². The average Bonchev–Trinajstić information content (AvgIpc) is 2.47. The van der Waals surface area contributed by atoms with Gasteiger partial charge in [-0.1, -0.05) is 0 Å². The van der Waals surface area contributed by atoms with Gasteiger partial charge >= 0.3 is 0 Å². The molecule has 0 aliphatic rings. The fraction of sp³-hybridized carbons (Fsp3) is 0.250. The quantitative estimate of drug-likeness (QED) is 0.303. The summed E-state index contributed by atoms with van der Waals surface area (Å²) in [5, 5.41) is 28.3. The Labute approximate surface area is 127 Å². The molecule has 0 spiro atoms. The standard InChI is InChI=1S/C12H15N5O4S/c1-21-11-3-2-8(22(19,20)5-4-18)6-9(11)16-17-10(7-13)12(14)15/h2-3,6,16,18H,4-5H2,1H3,(H3,14,15)/b17-10+. The molecule has 0 aliphatic heterocycles. The van der Waals surface area contributed by atoms with Gasteiger partial charge in [-0.3, -0.25) is 10.8 Å². The van der Waals surface area contributed by atoms with E-state index in [0.717, 1.165) is 0 Å². The number of nitrogens with zero attached hydrogens (tertiary/aromatic N) is 2. The number of aliphatic hydroxyl groups excluding tert-OH is 1. The number of sulfone groups is 1. The van der Waals surface area contributed by atoms with Gasteiger partial charge in [0.2, 0.25) is 5.71 Å². The number of nitrogens with one attached hydrogen (secondary N) is 2.